The van der Waals surface area contributed by atoms with Gasteiger partial charge in [0, 0.05) is 16.6 Å². The van der Waals surface area contributed by atoms with E-state index in [9.17, 15) is 0 Å². The number of aryl methyl sites for hydroxylation is 1. The van der Waals surface area contributed by atoms with E-state index in [2.05, 4.69) is 10.1 Å². The van der Waals surface area contributed by atoms with E-state index in [1.54, 1.807) is 29.5 Å². The van der Waals surface area contributed by atoms with Gasteiger partial charge in [-0.05, 0) is 25.1 Å². The van der Waals surface area contributed by atoms with Crippen molar-refractivity contribution in [1.82, 2.24) is 4.98 Å². The average Bonchev–Trinajstić information content (AvgIpc) is 2.89. The second kappa shape index (κ2) is 6.25. The summed E-state index contributed by atoms with van der Waals surface area (Å²) in [5.74, 6) is 1.11. The molecule has 0 aliphatic carbocycles. The molecule has 2 rings (SSSR count). The number of nitrogens with zero attached hydrogens (tertiary/aromatic N) is 2. The van der Waals surface area contributed by atoms with Gasteiger partial charge in [-0.1, -0.05) is 5.16 Å². The third-order valence-corrected chi connectivity index (χ3v) is 3.53. The SMILES string of the molecule is COc1cc(/C(N)=N/O)ccc1OCc1nc(C)cs1. The Bertz CT molecular complexity index is 625. The van der Waals surface area contributed by atoms with Crippen LogP contribution in [0.3, 0.4) is 0 Å². The first-order valence-corrected chi connectivity index (χ1v) is 6.71. The third-order valence-electron chi connectivity index (χ3n) is 2.58. The highest BCUT2D eigenvalue weighted by Crippen LogP contribution is 2.29. The first-order chi connectivity index (χ1) is 9.63. The standard InChI is InChI=1S/C13H15N3O3S/c1-8-7-20-12(15-8)6-19-10-4-3-9(13(14)16-17)5-11(10)18-2/h3-5,7,17H,6H2,1-2H3,(H2,14,16). The molecule has 3 N–H and O–H groups in total. The number of hydrogen-bond donors (Lipinski definition) is 2. The molecule has 0 fully saturated rings. The van der Waals surface area contributed by atoms with Crippen LogP contribution in [0.4, 0.5) is 0 Å². The lowest BCUT2D eigenvalue weighted by atomic mass is 10.2. The zero-order valence-corrected chi connectivity index (χ0v) is 12.0. The van der Waals surface area contributed by atoms with E-state index in [-0.39, 0.29) is 5.84 Å². The molecule has 0 bridgehead atoms. The van der Waals surface area contributed by atoms with Gasteiger partial charge in [-0.3, -0.25) is 0 Å². The number of amidine groups is 1. The van der Waals surface area contributed by atoms with E-state index < -0.39 is 0 Å². The van der Waals surface area contributed by atoms with Crippen molar-refractivity contribution in [1.29, 1.82) is 0 Å². The Kier molecular flexibility index (Phi) is 4.41. The molecule has 7 heteroatoms. The summed E-state index contributed by atoms with van der Waals surface area (Å²) in [6.07, 6.45) is 0. The number of hydrogen-bond acceptors (Lipinski definition) is 6. The van der Waals surface area contributed by atoms with Crippen LogP contribution in [0.25, 0.3) is 0 Å². The van der Waals surface area contributed by atoms with Gasteiger partial charge >= 0.3 is 0 Å². The van der Waals surface area contributed by atoms with E-state index in [0.29, 0.717) is 23.7 Å². The van der Waals surface area contributed by atoms with Gasteiger partial charge in [-0.2, -0.15) is 0 Å². The number of aromatic nitrogens is 1. The largest absolute Gasteiger partial charge is 0.493 e. The molecule has 1 aromatic carbocycles. The molecule has 0 radical (unpaired) electrons. The minimum atomic E-state index is 0.0189. The number of thiazole rings is 1. The molecule has 20 heavy (non-hydrogen) atoms. The van der Waals surface area contributed by atoms with Gasteiger partial charge in [0.05, 0.1) is 7.11 Å². The molecule has 0 amide bonds. The lowest BCUT2D eigenvalue weighted by Gasteiger charge is -2.10. The first kappa shape index (κ1) is 14.1. The highest BCUT2D eigenvalue weighted by Gasteiger charge is 2.09. The number of oxime groups is 1. The van der Waals surface area contributed by atoms with Crippen molar-refractivity contribution in [2.24, 2.45) is 10.9 Å². The fraction of sp³-hybridized carbons (Fsp3) is 0.231. The summed E-state index contributed by atoms with van der Waals surface area (Å²) in [4.78, 5) is 4.32. The summed E-state index contributed by atoms with van der Waals surface area (Å²) in [6.45, 7) is 2.31. The van der Waals surface area contributed by atoms with Crippen LogP contribution in [0.2, 0.25) is 0 Å². The maximum Gasteiger partial charge on any atom is 0.170 e. The van der Waals surface area contributed by atoms with E-state index in [1.807, 2.05) is 12.3 Å². The van der Waals surface area contributed by atoms with Crippen LogP contribution in [-0.2, 0) is 6.61 Å². The molecular weight excluding hydrogens is 278 g/mol. The number of rotatable bonds is 5. The molecule has 0 spiro atoms. The van der Waals surface area contributed by atoms with Crippen LogP contribution in [0.1, 0.15) is 16.3 Å². The first-order valence-electron chi connectivity index (χ1n) is 5.83. The van der Waals surface area contributed by atoms with Crippen molar-refractivity contribution < 1.29 is 14.7 Å². The van der Waals surface area contributed by atoms with Crippen molar-refractivity contribution in [3.8, 4) is 11.5 Å². The van der Waals surface area contributed by atoms with E-state index in [4.69, 9.17) is 20.4 Å². The Morgan fingerprint density at radius 2 is 2.25 bits per heavy atom. The van der Waals surface area contributed by atoms with Crippen molar-refractivity contribution in [2.45, 2.75) is 13.5 Å². The number of benzene rings is 1. The summed E-state index contributed by atoms with van der Waals surface area (Å²) in [5.41, 5.74) is 7.06. The summed E-state index contributed by atoms with van der Waals surface area (Å²) >= 11 is 1.54. The van der Waals surface area contributed by atoms with Crippen molar-refractivity contribution >= 4 is 17.2 Å². The Labute approximate surface area is 120 Å². The highest BCUT2D eigenvalue weighted by atomic mass is 32.1. The molecule has 0 unspecified atom stereocenters. The molecule has 0 aliphatic heterocycles. The Morgan fingerprint density at radius 1 is 1.45 bits per heavy atom. The van der Waals surface area contributed by atoms with E-state index in [1.165, 1.54) is 7.11 Å². The Morgan fingerprint density at radius 3 is 2.85 bits per heavy atom. The van der Waals surface area contributed by atoms with Gasteiger partial charge in [-0.25, -0.2) is 4.98 Å². The predicted molar refractivity (Wildman–Crippen MR) is 76.7 cm³/mol. The van der Waals surface area contributed by atoms with Gasteiger partial charge in [-0.15, -0.1) is 11.3 Å². The molecular formula is C13H15N3O3S. The molecule has 1 aromatic heterocycles. The predicted octanol–water partition coefficient (Wildman–Crippen LogP) is 2.13. The van der Waals surface area contributed by atoms with Gasteiger partial charge in [0.1, 0.15) is 11.6 Å². The van der Waals surface area contributed by atoms with Crippen molar-refractivity contribution in [3.63, 3.8) is 0 Å². The third kappa shape index (κ3) is 3.18. The molecule has 2 aromatic rings. The summed E-state index contributed by atoms with van der Waals surface area (Å²) in [7, 11) is 1.53. The summed E-state index contributed by atoms with van der Waals surface area (Å²) in [5, 5.41) is 14.5. The Hall–Kier alpha value is -2.28. The second-order valence-corrected chi connectivity index (χ2v) is 4.96. The van der Waals surface area contributed by atoms with Crippen LogP contribution in [0.15, 0.2) is 28.7 Å². The van der Waals surface area contributed by atoms with Gasteiger partial charge < -0.3 is 20.4 Å². The lowest BCUT2D eigenvalue weighted by Crippen LogP contribution is -2.13. The molecule has 0 aliphatic rings. The number of ether oxygens (including phenoxy) is 2. The highest BCUT2D eigenvalue weighted by molar-refractivity contribution is 7.09. The molecule has 0 atom stereocenters. The maximum absolute atomic E-state index is 8.66. The second-order valence-electron chi connectivity index (χ2n) is 4.02. The van der Waals surface area contributed by atoms with Crippen LogP contribution >= 0.6 is 11.3 Å². The molecule has 0 saturated carbocycles. The minimum Gasteiger partial charge on any atom is -0.493 e. The molecule has 0 saturated heterocycles. The molecule has 106 valence electrons. The van der Waals surface area contributed by atoms with Crippen LogP contribution < -0.4 is 15.2 Å². The normalized spacial score (nSPS) is 11.4. The topological polar surface area (TPSA) is 90.0 Å². The minimum absolute atomic E-state index is 0.0189. The van der Waals surface area contributed by atoms with E-state index in [0.717, 1.165) is 10.7 Å². The van der Waals surface area contributed by atoms with Gasteiger partial charge in [0.15, 0.2) is 17.3 Å². The quantitative estimate of drug-likeness (QED) is 0.381. The fourth-order valence-corrected chi connectivity index (χ4v) is 2.30. The Balaban J connectivity index is 2.15. The van der Waals surface area contributed by atoms with E-state index >= 15 is 0 Å². The van der Waals surface area contributed by atoms with Crippen molar-refractivity contribution in [3.05, 3.63) is 39.8 Å². The van der Waals surface area contributed by atoms with Gasteiger partial charge in [0.2, 0.25) is 0 Å². The average molecular weight is 293 g/mol. The zero-order chi connectivity index (χ0) is 14.5. The van der Waals surface area contributed by atoms with Gasteiger partial charge in [0.25, 0.3) is 0 Å². The van der Waals surface area contributed by atoms with Crippen LogP contribution in [0.5, 0.6) is 11.5 Å². The zero-order valence-electron chi connectivity index (χ0n) is 11.2. The van der Waals surface area contributed by atoms with Crippen molar-refractivity contribution in [2.75, 3.05) is 7.11 Å². The summed E-state index contributed by atoms with van der Waals surface area (Å²) in [6, 6.07) is 5.06. The summed E-state index contributed by atoms with van der Waals surface area (Å²) < 4.78 is 10.9. The maximum atomic E-state index is 8.66. The monoisotopic (exact) mass is 293 g/mol. The lowest BCUT2D eigenvalue weighted by molar-refractivity contribution is 0.284. The van der Waals surface area contributed by atoms with Crippen LogP contribution in [0, 0.1) is 6.92 Å². The molecule has 1 heterocycles. The molecule has 6 nitrogen and oxygen atoms in total. The van der Waals surface area contributed by atoms with Crippen LogP contribution in [-0.4, -0.2) is 23.1 Å². The number of methoxy groups -OCH3 is 1. The fourth-order valence-electron chi connectivity index (χ4n) is 1.61. The smallest absolute Gasteiger partial charge is 0.170 e. The number of nitrogens with two attached hydrogens (primary N) is 1.